The molecule has 1 aliphatic rings. The Hall–Kier alpha value is -1.49. The minimum Gasteiger partial charge on any atom is -0.370 e. The molecule has 2 nitrogen and oxygen atoms in total. The summed E-state index contributed by atoms with van der Waals surface area (Å²) < 4.78 is 0. The molecule has 2 heteroatoms. The fourth-order valence-corrected chi connectivity index (χ4v) is 2.98. The van der Waals surface area contributed by atoms with Gasteiger partial charge in [0.2, 0.25) is 0 Å². The van der Waals surface area contributed by atoms with Crippen LogP contribution in [0.3, 0.4) is 0 Å². The van der Waals surface area contributed by atoms with Crippen LogP contribution in [0, 0.1) is 23.7 Å². The van der Waals surface area contributed by atoms with Gasteiger partial charge in [0.25, 0.3) is 0 Å². The van der Waals surface area contributed by atoms with E-state index in [1.165, 1.54) is 19.3 Å². The summed E-state index contributed by atoms with van der Waals surface area (Å²) in [6, 6.07) is 8.54. The molecule has 0 radical (unpaired) electrons. The Bertz CT molecular complexity index is 466. The lowest BCUT2D eigenvalue weighted by molar-refractivity contribution is 0.301. The van der Waals surface area contributed by atoms with Crippen molar-refractivity contribution in [3.63, 3.8) is 0 Å². The van der Waals surface area contributed by atoms with Crippen LogP contribution in [-0.4, -0.2) is 13.1 Å². The average Bonchev–Trinajstić information content (AvgIpc) is 2.83. The highest BCUT2D eigenvalue weighted by atomic mass is 15.2. The molecule has 2 rings (SSSR count). The number of anilines is 1. The van der Waals surface area contributed by atoms with Crippen molar-refractivity contribution in [2.45, 2.75) is 40.0 Å². The van der Waals surface area contributed by atoms with Crippen LogP contribution in [-0.2, 0) is 0 Å². The van der Waals surface area contributed by atoms with E-state index in [-0.39, 0.29) is 0 Å². The van der Waals surface area contributed by atoms with Crippen LogP contribution >= 0.6 is 0 Å². The highest BCUT2D eigenvalue weighted by Gasteiger charge is 2.35. The number of nitriles is 1. The van der Waals surface area contributed by atoms with Crippen LogP contribution in [0.15, 0.2) is 18.2 Å². The van der Waals surface area contributed by atoms with Crippen LogP contribution in [0.2, 0.25) is 0 Å². The molecular weight excluding hydrogens is 220 g/mol. The molecular formula is C16H22N2. The maximum absolute atomic E-state index is 9.27. The maximum Gasteiger partial charge on any atom is 0.101 e. The first-order valence-corrected chi connectivity index (χ1v) is 6.90. The van der Waals surface area contributed by atoms with Crippen LogP contribution in [0.5, 0.6) is 0 Å². The van der Waals surface area contributed by atoms with E-state index in [1.54, 1.807) is 0 Å². The zero-order chi connectivity index (χ0) is 13.2. The summed E-state index contributed by atoms with van der Waals surface area (Å²) in [5.41, 5.74) is 3.55. The number of hydrogen-bond donors (Lipinski definition) is 0. The maximum atomic E-state index is 9.27. The standard InChI is InChI=1S/C16H22N2/c1-4-16(5-2)8-9-18(12-16)15-7-6-13(3)10-14(15)11-17/h6-7,10H,4-5,8-9,12H2,1-3H3. The topological polar surface area (TPSA) is 27.0 Å². The van der Waals surface area contributed by atoms with Crippen LogP contribution in [0.25, 0.3) is 0 Å². The smallest absolute Gasteiger partial charge is 0.101 e. The summed E-state index contributed by atoms with van der Waals surface area (Å²) in [6.07, 6.45) is 3.71. The van der Waals surface area contributed by atoms with Crippen LogP contribution < -0.4 is 4.90 Å². The molecule has 1 aliphatic heterocycles. The van der Waals surface area contributed by atoms with Gasteiger partial charge in [-0.15, -0.1) is 0 Å². The van der Waals surface area contributed by atoms with E-state index in [9.17, 15) is 5.26 Å². The van der Waals surface area contributed by atoms with Gasteiger partial charge in [-0.2, -0.15) is 5.26 Å². The number of benzene rings is 1. The lowest BCUT2D eigenvalue weighted by Gasteiger charge is -2.27. The van der Waals surface area contributed by atoms with E-state index in [1.807, 2.05) is 13.0 Å². The third kappa shape index (κ3) is 2.22. The Balaban J connectivity index is 2.27. The average molecular weight is 242 g/mol. The van der Waals surface area contributed by atoms with E-state index < -0.39 is 0 Å². The Morgan fingerprint density at radius 2 is 2.06 bits per heavy atom. The number of rotatable bonds is 3. The summed E-state index contributed by atoms with van der Waals surface area (Å²) in [6.45, 7) is 8.79. The normalized spacial score (nSPS) is 17.8. The Morgan fingerprint density at radius 1 is 1.33 bits per heavy atom. The number of hydrogen-bond acceptors (Lipinski definition) is 2. The second-order valence-electron chi connectivity index (χ2n) is 5.51. The summed E-state index contributed by atoms with van der Waals surface area (Å²) in [5, 5.41) is 9.27. The molecule has 0 atom stereocenters. The van der Waals surface area contributed by atoms with Gasteiger partial charge in [0.05, 0.1) is 11.3 Å². The molecule has 96 valence electrons. The quantitative estimate of drug-likeness (QED) is 0.804. The molecule has 18 heavy (non-hydrogen) atoms. The number of aryl methyl sites for hydroxylation is 1. The highest BCUT2D eigenvalue weighted by molar-refractivity contribution is 5.61. The Morgan fingerprint density at radius 3 is 2.61 bits per heavy atom. The van der Waals surface area contributed by atoms with Gasteiger partial charge in [-0.05, 0) is 49.3 Å². The van der Waals surface area contributed by atoms with Crippen molar-refractivity contribution >= 4 is 5.69 Å². The van der Waals surface area contributed by atoms with E-state index in [4.69, 9.17) is 0 Å². The highest BCUT2D eigenvalue weighted by Crippen LogP contribution is 2.39. The number of nitrogens with zero attached hydrogens (tertiary/aromatic N) is 2. The SMILES string of the molecule is CCC1(CC)CCN(c2ccc(C)cc2C#N)C1. The molecule has 1 aromatic rings. The first-order chi connectivity index (χ1) is 8.64. The fourth-order valence-electron chi connectivity index (χ4n) is 2.98. The monoisotopic (exact) mass is 242 g/mol. The third-order valence-corrected chi connectivity index (χ3v) is 4.55. The van der Waals surface area contributed by atoms with Gasteiger partial charge in [-0.3, -0.25) is 0 Å². The molecule has 1 heterocycles. The lowest BCUT2D eigenvalue weighted by Crippen LogP contribution is -2.26. The molecule has 1 fully saturated rings. The van der Waals surface area contributed by atoms with Crippen molar-refractivity contribution in [1.29, 1.82) is 5.26 Å². The van der Waals surface area contributed by atoms with Gasteiger partial charge in [0.15, 0.2) is 0 Å². The largest absolute Gasteiger partial charge is 0.370 e. The summed E-state index contributed by atoms with van der Waals surface area (Å²) in [4.78, 5) is 2.39. The van der Waals surface area contributed by atoms with E-state index >= 15 is 0 Å². The Kier molecular flexibility index (Phi) is 3.61. The molecule has 0 spiro atoms. The first kappa shape index (κ1) is 13.0. The third-order valence-electron chi connectivity index (χ3n) is 4.55. The van der Waals surface area contributed by atoms with Crippen molar-refractivity contribution < 1.29 is 0 Å². The van der Waals surface area contributed by atoms with Gasteiger partial charge < -0.3 is 4.90 Å². The van der Waals surface area contributed by atoms with Gasteiger partial charge in [0, 0.05) is 13.1 Å². The molecule has 0 aliphatic carbocycles. The summed E-state index contributed by atoms with van der Waals surface area (Å²) >= 11 is 0. The van der Waals surface area contributed by atoms with Crippen molar-refractivity contribution in [1.82, 2.24) is 0 Å². The van der Waals surface area contributed by atoms with Crippen molar-refractivity contribution in [2.75, 3.05) is 18.0 Å². The minimum atomic E-state index is 0.456. The summed E-state index contributed by atoms with van der Waals surface area (Å²) in [7, 11) is 0. The molecule has 0 aromatic heterocycles. The van der Waals surface area contributed by atoms with Crippen LogP contribution in [0.1, 0.15) is 44.2 Å². The van der Waals surface area contributed by atoms with Gasteiger partial charge in [0.1, 0.15) is 6.07 Å². The van der Waals surface area contributed by atoms with Gasteiger partial charge in [-0.25, -0.2) is 0 Å². The molecule has 0 amide bonds. The van der Waals surface area contributed by atoms with Crippen molar-refractivity contribution in [3.8, 4) is 6.07 Å². The van der Waals surface area contributed by atoms with Crippen LogP contribution in [0.4, 0.5) is 5.69 Å². The molecule has 1 saturated heterocycles. The van der Waals surface area contributed by atoms with Crippen molar-refractivity contribution in [2.24, 2.45) is 5.41 Å². The molecule has 0 saturated carbocycles. The van der Waals surface area contributed by atoms with E-state index in [0.717, 1.165) is 29.9 Å². The predicted octanol–water partition coefficient (Wildman–Crippen LogP) is 3.88. The molecule has 0 bridgehead atoms. The zero-order valence-electron chi connectivity index (χ0n) is 11.7. The molecule has 1 aromatic carbocycles. The Labute approximate surface area is 110 Å². The van der Waals surface area contributed by atoms with Gasteiger partial charge >= 0.3 is 0 Å². The lowest BCUT2D eigenvalue weighted by atomic mass is 9.82. The molecule has 0 unspecified atom stereocenters. The summed E-state index contributed by atoms with van der Waals surface area (Å²) in [5.74, 6) is 0. The minimum absolute atomic E-state index is 0.456. The predicted molar refractivity (Wildman–Crippen MR) is 75.7 cm³/mol. The van der Waals surface area contributed by atoms with Crippen molar-refractivity contribution in [3.05, 3.63) is 29.3 Å². The second kappa shape index (κ2) is 5.02. The van der Waals surface area contributed by atoms with Gasteiger partial charge in [-0.1, -0.05) is 19.9 Å². The fraction of sp³-hybridized carbons (Fsp3) is 0.562. The van der Waals surface area contributed by atoms with E-state index in [2.05, 4.69) is 36.9 Å². The van der Waals surface area contributed by atoms with E-state index in [0.29, 0.717) is 5.41 Å². The second-order valence-corrected chi connectivity index (χ2v) is 5.51. The zero-order valence-corrected chi connectivity index (χ0v) is 11.7. The molecule has 0 N–H and O–H groups in total. The first-order valence-electron chi connectivity index (χ1n) is 6.90.